The van der Waals surface area contributed by atoms with E-state index in [1.165, 1.54) is 6.42 Å². The van der Waals surface area contributed by atoms with Gasteiger partial charge in [0.15, 0.2) is 0 Å². The lowest BCUT2D eigenvalue weighted by Crippen LogP contribution is -2.26. The molecule has 0 saturated carbocycles. The van der Waals surface area contributed by atoms with Gasteiger partial charge in [-0.25, -0.2) is 0 Å². The van der Waals surface area contributed by atoms with E-state index in [1.807, 2.05) is 11.8 Å². The van der Waals surface area contributed by atoms with Gasteiger partial charge in [-0.1, -0.05) is 19.1 Å². The highest BCUT2D eigenvalue weighted by Crippen LogP contribution is 2.46. The number of allylic oxidation sites excluding steroid dienone is 1. The van der Waals surface area contributed by atoms with E-state index in [1.54, 1.807) is 0 Å². The van der Waals surface area contributed by atoms with Crippen LogP contribution in [0.25, 0.3) is 0 Å². The van der Waals surface area contributed by atoms with E-state index in [0.717, 1.165) is 6.42 Å². The van der Waals surface area contributed by atoms with Crippen molar-refractivity contribution in [2.24, 2.45) is 5.92 Å². The lowest BCUT2D eigenvalue weighted by Gasteiger charge is -2.22. The molecule has 0 aromatic rings. The molecule has 0 spiro atoms. The van der Waals surface area contributed by atoms with Gasteiger partial charge in [0.1, 0.15) is 0 Å². The van der Waals surface area contributed by atoms with E-state index in [4.69, 9.17) is 0 Å². The monoisotopic (exact) mass is 170 g/mol. The molecule has 0 amide bonds. The fourth-order valence-corrected chi connectivity index (χ4v) is 3.64. The largest absolute Gasteiger partial charge is 0.392 e. The molecule has 1 N–H and O–H groups in total. The van der Waals surface area contributed by atoms with Crippen LogP contribution in [0.1, 0.15) is 19.8 Å². The van der Waals surface area contributed by atoms with Gasteiger partial charge in [0, 0.05) is 10.5 Å². The number of thioether (sulfide) groups is 1. The topological polar surface area (TPSA) is 20.2 Å². The molecular formula is C9H14OS. The lowest BCUT2D eigenvalue weighted by molar-refractivity contribution is 0.156. The molecule has 11 heavy (non-hydrogen) atoms. The molecule has 0 aromatic carbocycles. The molecule has 2 aliphatic rings. The second kappa shape index (κ2) is 2.83. The smallest absolute Gasteiger partial charge is 0.0662 e. The fourth-order valence-electron chi connectivity index (χ4n) is 1.95. The normalized spacial score (nSPS) is 43.3. The van der Waals surface area contributed by atoms with Gasteiger partial charge in [-0.3, -0.25) is 0 Å². The molecule has 1 fully saturated rings. The molecule has 1 aliphatic heterocycles. The van der Waals surface area contributed by atoms with Crippen LogP contribution in [0.15, 0.2) is 12.2 Å². The molecule has 2 heteroatoms. The van der Waals surface area contributed by atoms with Gasteiger partial charge in [-0.15, -0.1) is 11.8 Å². The van der Waals surface area contributed by atoms with Crippen LogP contribution in [-0.4, -0.2) is 21.7 Å². The number of hydrogen-bond donors (Lipinski definition) is 1. The Morgan fingerprint density at radius 1 is 1.64 bits per heavy atom. The van der Waals surface area contributed by atoms with Gasteiger partial charge in [-0.2, -0.15) is 0 Å². The second-order valence-corrected chi connectivity index (χ2v) is 4.82. The molecule has 4 atom stereocenters. The van der Waals surface area contributed by atoms with Gasteiger partial charge in [-0.05, 0) is 18.8 Å². The second-order valence-electron chi connectivity index (χ2n) is 3.40. The van der Waals surface area contributed by atoms with Crippen molar-refractivity contribution in [1.29, 1.82) is 0 Å². The Balaban J connectivity index is 2.02. The fraction of sp³-hybridized carbons (Fsp3) is 0.778. The van der Waals surface area contributed by atoms with Gasteiger partial charge in [0.2, 0.25) is 0 Å². The van der Waals surface area contributed by atoms with Crippen LogP contribution in [-0.2, 0) is 0 Å². The number of fused-ring (bicyclic) bond motifs is 2. The molecule has 1 saturated heterocycles. The van der Waals surface area contributed by atoms with Gasteiger partial charge >= 0.3 is 0 Å². The Labute approximate surface area is 71.9 Å². The summed E-state index contributed by atoms with van der Waals surface area (Å²) in [4.78, 5) is 0. The van der Waals surface area contributed by atoms with Gasteiger partial charge < -0.3 is 5.11 Å². The average molecular weight is 170 g/mol. The molecule has 62 valence electrons. The van der Waals surface area contributed by atoms with Crippen LogP contribution in [0.5, 0.6) is 0 Å². The van der Waals surface area contributed by atoms with Crippen molar-refractivity contribution in [1.82, 2.24) is 0 Å². The number of hydrogen-bond acceptors (Lipinski definition) is 2. The highest BCUT2D eigenvalue weighted by Gasteiger charge is 2.39. The summed E-state index contributed by atoms with van der Waals surface area (Å²) in [5.41, 5.74) is 0. The quantitative estimate of drug-likeness (QED) is 0.638. The first-order valence-electron chi connectivity index (χ1n) is 4.33. The van der Waals surface area contributed by atoms with Crippen LogP contribution in [0.2, 0.25) is 0 Å². The maximum Gasteiger partial charge on any atom is 0.0662 e. The summed E-state index contributed by atoms with van der Waals surface area (Å²) in [6.07, 6.45) is 6.65. The number of aliphatic hydroxyl groups excluding tert-OH is 1. The van der Waals surface area contributed by atoms with Gasteiger partial charge in [0.05, 0.1) is 6.10 Å². The molecule has 1 heterocycles. The summed E-state index contributed by atoms with van der Waals surface area (Å²) in [5.74, 6) is 0.667. The summed E-state index contributed by atoms with van der Waals surface area (Å²) >= 11 is 1.96. The van der Waals surface area contributed by atoms with Crippen molar-refractivity contribution < 1.29 is 5.11 Å². The summed E-state index contributed by atoms with van der Waals surface area (Å²) in [6.45, 7) is 2.06. The first-order chi connectivity index (χ1) is 5.31. The van der Waals surface area contributed by atoms with Crippen LogP contribution in [0.4, 0.5) is 0 Å². The average Bonchev–Trinajstić information content (AvgIpc) is 2.62. The van der Waals surface area contributed by atoms with Crippen LogP contribution in [0.3, 0.4) is 0 Å². The van der Waals surface area contributed by atoms with Crippen molar-refractivity contribution in [2.45, 2.75) is 36.4 Å². The Bertz CT molecular complexity index is 178. The van der Waals surface area contributed by atoms with E-state index < -0.39 is 0 Å². The Hall–Kier alpha value is 0.0500. The van der Waals surface area contributed by atoms with Crippen LogP contribution in [0, 0.1) is 5.92 Å². The first kappa shape index (κ1) is 7.69. The van der Waals surface area contributed by atoms with E-state index in [2.05, 4.69) is 19.1 Å². The van der Waals surface area contributed by atoms with Gasteiger partial charge in [0.25, 0.3) is 0 Å². The van der Waals surface area contributed by atoms with Crippen molar-refractivity contribution in [3.63, 3.8) is 0 Å². The van der Waals surface area contributed by atoms with Crippen molar-refractivity contribution >= 4 is 11.8 Å². The predicted molar refractivity (Wildman–Crippen MR) is 48.7 cm³/mol. The van der Waals surface area contributed by atoms with Crippen molar-refractivity contribution in [3.05, 3.63) is 12.2 Å². The van der Waals surface area contributed by atoms with Crippen molar-refractivity contribution in [2.75, 3.05) is 0 Å². The van der Waals surface area contributed by atoms with E-state index in [0.29, 0.717) is 16.4 Å². The number of rotatable bonds is 2. The zero-order valence-electron chi connectivity index (χ0n) is 6.73. The van der Waals surface area contributed by atoms with E-state index in [9.17, 15) is 5.11 Å². The molecule has 2 bridgehead atoms. The minimum absolute atomic E-state index is 0.0834. The molecule has 0 unspecified atom stereocenters. The third kappa shape index (κ3) is 1.23. The van der Waals surface area contributed by atoms with Crippen LogP contribution >= 0.6 is 11.8 Å². The maximum atomic E-state index is 9.63. The Morgan fingerprint density at radius 3 is 2.91 bits per heavy atom. The first-order valence-corrected chi connectivity index (χ1v) is 5.27. The summed E-state index contributed by atoms with van der Waals surface area (Å²) < 4.78 is 0. The molecule has 2 rings (SSSR count). The zero-order valence-corrected chi connectivity index (χ0v) is 7.55. The highest BCUT2D eigenvalue weighted by molar-refractivity contribution is 8.01. The van der Waals surface area contributed by atoms with Crippen molar-refractivity contribution in [3.8, 4) is 0 Å². The zero-order chi connectivity index (χ0) is 7.84. The SMILES string of the molecule is CC[C@@H](O)[C@H]1S[C@H]2C=C[C@@H]1C2. The maximum absolute atomic E-state index is 9.63. The molecular weight excluding hydrogens is 156 g/mol. The number of aliphatic hydroxyl groups is 1. The molecule has 0 aromatic heterocycles. The summed E-state index contributed by atoms with van der Waals surface area (Å²) in [5, 5.41) is 10.8. The third-order valence-electron chi connectivity index (χ3n) is 2.63. The highest BCUT2D eigenvalue weighted by atomic mass is 32.2. The molecule has 1 nitrogen and oxygen atoms in total. The summed E-state index contributed by atoms with van der Waals surface area (Å²) in [6, 6.07) is 0. The van der Waals surface area contributed by atoms with E-state index >= 15 is 0 Å². The Kier molecular flexibility index (Phi) is 1.98. The standard InChI is InChI=1S/C9H14OS/c1-2-8(10)9-6-3-4-7(5-6)11-9/h3-4,6-10H,2,5H2,1H3/t6-,7+,8-,9+/m1/s1. The lowest BCUT2D eigenvalue weighted by atomic mass is 10.00. The minimum atomic E-state index is -0.0834. The van der Waals surface area contributed by atoms with Crippen LogP contribution < -0.4 is 0 Å². The third-order valence-corrected chi connectivity index (χ3v) is 4.31. The summed E-state index contributed by atoms with van der Waals surface area (Å²) in [7, 11) is 0. The molecule has 1 aliphatic carbocycles. The minimum Gasteiger partial charge on any atom is -0.392 e. The molecule has 0 radical (unpaired) electrons. The Morgan fingerprint density at radius 2 is 2.45 bits per heavy atom. The van der Waals surface area contributed by atoms with E-state index in [-0.39, 0.29) is 6.10 Å². The predicted octanol–water partition coefficient (Wildman–Crippen LogP) is 1.82.